The maximum absolute atomic E-state index is 5.61. The van der Waals surface area contributed by atoms with Crippen molar-refractivity contribution in [2.45, 2.75) is 65.7 Å². The van der Waals surface area contributed by atoms with E-state index in [1.807, 2.05) is 0 Å². The van der Waals surface area contributed by atoms with Crippen molar-refractivity contribution in [3.63, 3.8) is 0 Å². The van der Waals surface area contributed by atoms with Crippen LogP contribution in [0.4, 0.5) is 11.4 Å². The van der Waals surface area contributed by atoms with Gasteiger partial charge >= 0.3 is 0 Å². The van der Waals surface area contributed by atoms with E-state index in [0.717, 1.165) is 39.4 Å². The lowest BCUT2D eigenvalue weighted by atomic mass is 9.70. The molecule has 0 aromatic heterocycles. The largest absolute Gasteiger partial charge is 0.378 e. The summed E-state index contributed by atoms with van der Waals surface area (Å²) in [4.78, 5) is 7.81. The average molecular weight is 440 g/mol. The van der Waals surface area contributed by atoms with Crippen molar-refractivity contribution < 1.29 is 4.74 Å². The van der Waals surface area contributed by atoms with Gasteiger partial charge in [-0.05, 0) is 61.4 Å². The molecule has 0 N–H and O–H groups in total. The summed E-state index contributed by atoms with van der Waals surface area (Å²) >= 11 is 0. The fraction of sp³-hybridized carbons (Fsp3) is 0.714. The summed E-state index contributed by atoms with van der Waals surface area (Å²) in [5.41, 5.74) is 6.44. The number of morpholine rings is 1. The predicted octanol–water partition coefficient (Wildman–Crippen LogP) is 5.82. The standard InChI is InChI=1S/C28H45N3O/c1-4-7-14-29-15-17-31(18-16-29)27-9-8-25(30-19-21-32-22-20-30)23-26(27)24-10-12-28(5-2,6-3)13-11-24/h8-10,23H,4-7,11-22H2,1-3H3. The number of unbranched alkanes of at least 4 members (excludes halogenated alkanes) is 1. The van der Waals surface area contributed by atoms with Gasteiger partial charge in [0.15, 0.2) is 0 Å². The van der Waals surface area contributed by atoms with Gasteiger partial charge in [0.05, 0.1) is 13.2 Å². The van der Waals surface area contributed by atoms with E-state index in [-0.39, 0.29) is 0 Å². The zero-order valence-corrected chi connectivity index (χ0v) is 20.9. The summed E-state index contributed by atoms with van der Waals surface area (Å²) < 4.78 is 5.61. The molecule has 0 atom stereocenters. The van der Waals surface area contributed by atoms with Crippen LogP contribution in [0.1, 0.15) is 71.3 Å². The zero-order chi connectivity index (χ0) is 22.4. The molecule has 4 nitrogen and oxygen atoms in total. The van der Waals surface area contributed by atoms with Crippen molar-refractivity contribution in [1.82, 2.24) is 4.90 Å². The number of piperazine rings is 1. The Morgan fingerprint density at radius 1 is 0.906 bits per heavy atom. The topological polar surface area (TPSA) is 19.0 Å². The number of nitrogens with zero attached hydrogens (tertiary/aromatic N) is 3. The Bertz CT molecular complexity index is 756. The van der Waals surface area contributed by atoms with Gasteiger partial charge in [-0.3, -0.25) is 4.90 Å². The molecule has 1 aliphatic carbocycles. The number of benzene rings is 1. The highest BCUT2D eigenvalue weighted by Crippen LogP contribution is 2.45. The average Bonchev–Trinajstić information content (AvgIpc) is 2.88. The molecule has 2 aliphatic heterocycles. The second-order valence-electron chi connectivity index (χ2n) is 10.1. The van der Waals surface area contributed by atoms with Gasteiger partial charge in [0, 0.05) is 56.2 Å². The summed E-state index contributed by atoms with van der Waals surface area (Å²) in [5, 5.41) is 0. The lowest BCUT2D eigenvalue weighted by molar-refractivity contribution is 0.122. The van der Waals surface area contributed by atoms with E-state index in [9.17, 15) is 0 Å². The molecule has 32 heavy (non-hydrogen) atoms. The Kier molecular flexibility index (Phi) is 8.17. The molecular formula is C28H45N3O. The highest BCUT2D eigenvalue weighted by Gasteiger charge is 2.30. The third kappa shape index (κ3) is 5.34. The Labute approximate surface area is 196 Å². The predicted molar refractivity (Wildman–Crippen MR) is 138 cm³/mol. The maximum atomic E-state index is 5.61. The molecule has 0 radical (unpaired) electrons. The highest BCUT2D eigenvalue weighted by molar-refractivity contribution is 5.80. The van der Waals surface area contributed by atoms with E-state index in [1.54, 1.807) is 5.57 Å². The molecule has 0 amide bonds. The molecule has 0 saturated carbocycles. The molecule has 4 rings (SSSR count). The first-order valence-electron chi connectivity index (χ1n) is 13.3. The van der Waals surface area contributed by atoms with Gasteiger partial charge in [-0.15, -0.1) is 0 Å². The third-order valence-corrected chi connectivity index (χ3v) is 8.45. The molecule has 1 aromatic carbocycles. The van der Waals surface area contributed by atoms with E-state index >= 15 is 0 Å². The van der Waals surface area contributed by atoms with Crippen LogP contribution in [0.15, 0.2) is 24.3 Å². The van der Waals surface area contributed by atoms with Crippen LogP contribution in [0, 0.1) is 5.41 Å². The lowest BCUT2D eigenvalue weighted by Crippen LogP contribution is -2.47. The number of hydrogen-bond acceptors (Lipinski definition) is 4. The van der Waals surface area contributed by atoms with Crippen LogP contribution < -0.4 is 9.80 Å². The SMILES string of the molecule is CCCCN1CCN(c2ccc(N3CCOCC3)cc2C2=CCC(CC)(CC)CC2)CC1. The summed E-state index contributed by atoms with van der Waals surface area (Å²) in [6, 6.07) is 7.28. The number of allylic oxidation sites excluding steroid dienone is 2. The van der Waals surface area contributed by atoms with Crippen molar-refractivity contribution >= 4 is 16.9 Å². The van der Waals surface area contributed by atoms with Crippen LogP contribution in [0.5, 0.6) is 0 Å². The number of ether oxygens (including phenoxy) is 1. The van der Waals surface area contributed by atoms with Crippen molar-refractivity contribution in [1.29, 1.82) is 0 Å². The molecule has 4 heteroatoms. The van der Waals surface area contributed by atoms with Gasteiger partial charge in [0.2, 0.25) is 0 Å². The molecule has 0 spiro atoms. The number of hydrogen-bond donors (Lipinski definition) is 0. The minimum absolute atomic E-state index is 0.524. The van der Waals surface area contributed by atoms with Crippen LogP contribution in [0.2, 0.25) is 0 Å². The molecule has 178 valence electrons. The molecule has 2 heterocycles. The fourth-order valence-electron chi connectivity index (χ4n) is 5.75. The highest BCUT2D eigenvalue weighted by atomic mass is 16.5. The van der Waals surface area contributed by atoms with Crippen LogP contribution in [0.25, 0.3) is 5.57 Å². The van der Waals surface area contributed by atoms with E-state index in [2.05, 4.69) is 59.7 Å². The van der Waals surface area contributed by atoms with Crippen LogP contribution >= 0.6 is 0 Å². The number of rotatable bonds is 8. The quantitative estimate of drug-likeness (QED) is 0.508. The minimum atomic E-state index is 0.524. The van der Waals surface area contributed by atoms with Gasteiger partial charge in [-0.25, -0.2) is 0 Å². The Balaban J connectivity index is 1.58. The van der Waals surface area contributed by atoms with E-state index in [1.165, 1.54) is 81.5 Å². The third-order valence-electron chi connectivity index (χ3n) is 8.45. The summed E-state index contributed by atoms with van der Waals surface area (Å²) in [5.74, 6) is 0. The van der Waals surface area contributed by atoms with E-state index in [0.29, 0.717) is 5.41 Å². The molecule has 2 saturated heterocycles. The van der Waals surface area contributed by atoms with Gasteiger partial charge in [0.1, 0.15) is 0 Å². The maximum Gasteiger partial charge on any atom is 0.0642 e. The molecule has 2 fully saturated rings. The van der Waals surface area contributed by atoms with Gasteiger partial charge in [-0.2, -0.15) is 0 Å². The normalized spacial score (nSPS) is 22.2. The van der Waals surface area contributed by atoms with Crippen molar-refractivity contribution in [2.24, 2.45) is 5.41 Å². The second-order valence-corrected chi connectivity index (χ2v) is 10.1. The molecule has 0 bridgehead atoms. The van der Waals surface area contributed by atoms with E-state index in [4.69, 9.17) is 4.74 Å². The van der Waals surface area contributed by atoms with Crippen LogP contribution in [-0.2, 0) is 4.74 Å². The number of anilines is 2. The van der Waals surface area contributed by atoms with Crippen molar-refractivity contribution in [3.8, 4) is 0 Å². The summed E-state index contributed by atoms with van der Waals surface area (Å²) in [6.45, 7) is 16.7. The van der Waals surface area contributed by atoms with Crippen molar-refractivity contribution in [3.05, 3.63) is 29.8 Å². The van der Waals surface area contributed by atoms with Gasteiger partial charge in [-0.1, -0.05) is 46.1 Å². The Morgan fingerprint density at radius 3 is 2.28 bits per heavy atom. The monoisotopic (exact) mass is 439 g/mol. The van der Waals surface area contributed by atoms with Crippen LogP contribution in [-0.4, -0.2) is 63.9 Å². The van der Waals surface area contributed by atoms with Crippen molar-refractivity contribution in [2.75, 3.05) is 68.8 Å². The summed E-state index contributed by atoms with van der Waals surface area (Å²) in [7, 11) is 0. The first-order chi connectivity index (χ1) is 15.7. The Hall–Kier alpha value is -1.52. The smallest absolute Gasteiger partial charge is 0.0642 e. The first kappa shape index (κ1) is 23.6. The fourth-order valence-corrected chi connectivity index (χ4v) is 5.75. The molecule has 0 unspecified atom stereocenters. The van der Waals surface area contributed by atoms with Crippen LogP contribution in [0.3, 0.4) is 0 Å². The molecule has 1 aromatic rings. The Morgan fingerprint density at radius 2 is 1.66 bits per heavy atom. The van der Waals surface area contributed by atoms with E-state index < -0.39 is 0 Å². The molecule has 3 aliphatic rings. The first-order valence-corrected chi connectivity index (χ1v) is 13.3. The van der Waals surface area contributed by atoms with Gasteiger partial charge in [0.25, 0.3) is 0 Å². The zero-order valence-electron chi connectivity index (χ0n) is 20.9. The lowest BCUT2D eigenvalue weighted by Gasteiger charge is -2.39. The summed E-state index contributed by atoms with van der Waals surface area (Å²) in [6.07, 6.45) is 11.6. The second kappa shape index (κ2) is 11.1. The minimum Gasteiger partial charge on any atom is -0.378 e. The van der Waals surface area contributed by atoms with Gasteiger partial charge < -0.3 is 14.5 Å². The molecular weight excluding hydrogens is 394 g/mol.